The van der Waals surface area contributed by atoms with Gasteiger partial charge >= 0.3 is 6.18 Å². The normalized spacial score (nSPS) is 11.7. The van der Waals surface area contributed by atoms with Gasteiger partial charge in [0.15, 0.2) is 0 Å². The smallest absolute Gasteiger partial charge is 0.418 e. The SMILES string of the molecule is N#Cc1ccc2c(ccn2Cc2nnc(-c3cncc(Br)c3)o2)c1C(F)(F)F. The van der Waals surface area contributed by atoms with E-state index in [1.165, 1.54) is 18.3 Å². The maximum absolute atomic E-state index is 13.4. The number of nitrogens with zero attached hydrogens (tertiary/aromatic N) is 5. The van der Waals surface area contributed by atoms with Crippen molar-refractivity contribution in [3.63, 3.8) is 0 Å². The van der Waals surface area contributed by atoms with E-state index in [-0.39, 0.29) is 23.7 Å². The summed E-state index contributed by atoms with van der Waals surface area (Å²) >= 11 is 3.31. The molecule has 0 saturated heterocycles. The van der Waals surface area contributed by atoms with Crippen molar-refractivity contribution >= 4 is 26.8 Å². The van der Waals surface area contributed by atoms with Crippen LogP contribution in [0.1, 0.15) is 17.0 Å². The van der Waals surface area contributed by atoms with Crippen LogP contribution in [0.15, 0.2) is 51.7 Å². The number of halogens is 4. The number of nitriles is 1. The van der Waals surface area contributed by atoms with Gasteiger partial charge in [-0.2, -0.15) is 18.4 Å². The highest BCUT2D eigenvalue weighted by atomic mass is 79.9. The van der Waals surface area contributed by atoms with E-state index >= 15 is 0 Å². The molecule has 6 nitrogen and oxygen atoms in total. The minimum Gasteiger partial charge on any atom is -0.419 e. The maximum atomic E-state index is 13.4. The monoisotopic (exact) mass is 447 g/mol. The molecule has 0 N–H and O–H groups in total. The molecule has 0 aliphatic rings. The topological polar surface area (TPSA) is 80.5 Å². The Bertz CT molecular complexity index is 1220. The Labute approximate surface area is 164 Å². The first-order valence-corrected chi connectivity index (χ1v) is 8.68. The number of alkyl halides is 3. The highest BCUT2D eigenvalue weighted by Gasteiger charge is 2.36. The molecular formula is C18H9BrF3N5O. The van der Waals surface area contributed by atoms with Crippen molar-refractivity contribution in [1.82, 2.24) is 19.7 Å². The van der Waals surface area contributed by atoms with Crippen LogP contribution in [-0.4, -0.2) is 19.7 Å². The van der Waals surface area contributed by atoms with Gasteiger partial charge in [0.05, 0.1) is 22.8 Å². The lowest BCUT2D eigenvalue weighted by atomic mass is 10.0. The van der Waals surface area contributed by atoms with Crippen LogP contribution in [0.2, 0.25) is 0 Å². The molecule has 0 saturated carbocycles. The Kier molecular flexibility index (Phi) is 4.39. The molecule has 0 amide bonds. The van der Waals surface area contributed by atoms with Crippen molar-refractivity contribution in [2.24, 2.45) is 0 Å². The fourth-order valence-corrected chi connectivity index (χ4v) is 3.28. The third kappa shape index (κ3) is 3.25. The van der Waals surface area contributed by atoms with Crippen LogP contribution in [0, 0.1) is 11.3 Å². The molecule has 0 bridgehead atoms. The van der Waals surface area contributed by atoms with E-state index in [1.807, 2.05) is 0 Å². The fourth-order valence-electron chi connectivity index (χ4n) is 2.92. The minimum atomic E-state index is -4.64. The predicted octanol–water partition coefficient (Wildman–Crippen LogP) is 4.79. The number of fused-ring (bicyclic) bond motifs is 1. The number of aromatic nitrogens is 4. The molecule has 3 aromatic heterocycles. The Balaban J connectivity index is 1.71. The summed E-state index contributed by atoms with van der Waals surface area (Å²) in [6.45, 7) is 0.0845. The van der Waals surface area contributed by atoms with Gasteiger partial charge in [-0.25, -0.2) is 0 Å². The third-order valence-corrected chi connectivity index (χ3v) is 4.51. The van der Waals surface area contributed by atoms with Crippen molar-refractivity contribution in [3.05, 3.63) is 64.3 Å². The van der Waals surface area contributed by atoms with Gasteiger partial charge in [0.25, 0.3) is 0 Å². The molecule has 0 aliphatic carbocycles. The summed E-state index contributed by atoms with van der Waals surface area (Å²) in [6, 6.07) is 7.32. The summed E-state index contributed by atoms with van der Waals surface area (Å²) in [4.78, 5) is 4.02. The number of rotatable bonds is 3. The van der Waals surface area contributed by atoms with E-state index in [0.29, 0.717) is 11.1 Å². The molecular weight excluding hydrogens is 439 g/mol. The molecule has 1 aromatic carbocycles. The summed E-state index contributed by atoms with van der Waals surface area (Å²) < 4.78 is 48.2. The van der Waals surface area contributed by atoms with Gasteiger partial charge in [0, 0.05) is 34.0 Å². The largest absolute Gasteiger partial charge is 0.419 e. The number of pyridine rings is 1. The van der Waals surface area contributed by atoms with Crippen LogP contribution in [0.4, 0.5) is 13.2 Å². The molecule has 0 atom stereocenters. The summed E-state index contributed by atoms with van der Waals surface area (Å²) in [7, 11) is 0. The second-order valence-electron chi connectivity index (χ2n) is 5.87. The van der Waals surface area contributed by atoms with Gasteiger partial charge < -0.3 is 8.98 Å². The van der Waals surface area contributed by atoms with Crippen LogP contribution < -0.4 is 0 Å². The first kappa shape index (κ1) is 18.2. The lowest BCUT2D eigenvalue weighted by Gasteiger charge is -2.11. The van der Waals surface area contributed by atoms with Gasteiger partial charge in [-0.1, -0.05) is 0 Å². The van der Waals surface area contributed by atoms with Crippen molar-refractivity contribution in [1.29, 1.82) is 5.26 Å². The quantitative estimate of drug-likeness (QED) is 0.451. The summed E-state index contributed by atoms with van der Waals surface area (Å²) in [5.41, 5.74) is -0.434. The first-order valence-electron chi connectivity index (χ1n) is 7.89. The molecule has 3 heterocycles. The second-order valence-corrected chi connectivity index (χ2v) is 6.78. The summed E-state index contributed by atoms with van der Waals surface area (Å²) in [5.74, 6) is 0.480. The van der Waals surface area contributed by atoms with Gasteiger partial charge in [-0.05, 0) is 40.2 Å². The Morgan fingerprint density at radius 2 is 2.00 bits per heavy atom. The zero-order chi connectivity index (χ0) is 19.9. The molecule has 0 fully saturated rings. The summed E-state index contributed by atoms with van der Waals surface area (Å²) in [5, 5.41) is 16.9. The third-order valence-electron chi connectivity index (χ3n) is 4.08. The molecule has 4 aromatic rings. The van der Waals surface area contributed by atoms with Crippen molar-refractivity contribution in [2.75, 3.05) is 0 Å². The van der Waals surface area contributed by atoms with E-state index in [9.17, 15) is 13.2 Å². The average molecular weight is 448 g/mol. The van der Waals surface area contributed by atoms with E-state index < -0.39 is 17.3 Å². The van der Waals surface area contributed by atoms with Crippen molar-refractivity contribution in [2.45, 2.75) is 12.7 Å². The lowest BCUT2D eigenvalue weighted by Crippen LogP contribution is -2.09. The van der Waals surface area contributed by atoms with Crippen LogP contribution in [0.3, 0.4) is 0 Å². The van der Waals surface area contributed by atoms with Gasteiger partial charge in [0.1, 0.15) is 6.54 Å². The van der Waals surface area contributed by atoms with Gasteiger partial charge in [-0.15, -0.1) is 10.2 Å². The Morgan fingerprint density at radius 3 is 2.71 bits per heavy atom. The molecule has 0 unspecified atom stereocenters. The maximum Gasteiger partial charge on any atom is 0.418 e. The van der Waals surface area contributed by atoms with E-state index in [2.05, 4.69) is 31.1 Å². The highest BCUT2D eigenvalue weighted by molar-refractivity contribution is 9.10. The molecule has 0 radical (unpaired) electrons. The summed E-state index contributed by atoms with van der Waals surface area (Å²) in [6.07, 6.45) is 0.0281. The van der Waals surface area contributed by atoms with Crippen LogP contribution >= 0.6 is 15.9 Å². The first-order chi connectivity index (χ1) is 13.4. The minimum absolute atomic E-state index is 0.0533. The highest BCUT2D eigenvalue weighted by Crippen LogP contribution is 2.37. The number of hydrogen-bond acceptors (Lipinski definition) is 5. The average Bonchev–Trinajstić information content (AvgIpc) is 3.28. The van der Waals surface area contributed by atoms with Gasteiger partial charge in [-0.3, -0.25) is 4.98 Å². The number of benzene rings is 1. The number of hydrogen-bond donors (Lipinski definition) is 0. The molecule has 0 aliphatic heterocycles. The second kappa shape index (κ2) is 6.76. The molecule has 28 heavy (non-hydrogen) atoms. The van der Waals surface area contributed by atoms with Crippen LogP contribution in [0.5, 0.6) is 0 Å². The predicted molar refractivity (Wildman–Crippen MR) is 96.0 cm³/mol. The Hall–Kier alpha value is -3.19. The molecule has 10 heteroatoms. The van der Waals surface area contributed by atoms with Gasteiger partial charge in [0.2, 0.25) is 11.8 Å². The van der Waals surface area contributed by atoms with E-state index in [1.54, 1.807) is 29.1 Å². The van der Waals surface area contributed by atoms with Crippen LogP contribution in [-0.2, 0) is 12.7 Å². The lowest BCUT2D eigenvalue weighted by molar-refractivity contribution is -0.136. The Morgan fingerprint density at radius 1 is 1.18 bits per heavy atom. The standard InChI is InChI=1S/C18H9BrF3N5O/c19-12-5-11(7-24-8-12)17-26-25-15(28-17)9-27-4-3-13-14(27)2-1-10(6-23)16(13)18(20,21)22/h1-5,7-8H,9H2. The van der Waals surface area contributed by atoms with E-state index in [4.69, 9.17) is 9.68 Å². The fraction of sp³-hybridized carbons (Fsp3) is 0.111. The van der Waals surface area contributed by atoms with Crippen molar-refractivity contribution in [3.8, 4) is 17.5 Å². The molecule has 140 valence electrons. The molecule has 4 rings (SSSR count). The van der Waals surface area contributed by atoms with Crippen molar-refractivity contribution < 1.29 is 17.6 Å². The molecule has 0 spiro atoms. The van der Waals surface area contributed by atoms with E-state index in [0.717, 1.165) is 10.5 Å². The zero-order valence-corrected chi connectivity index (χ0v) is 15.5. The zero-order valence-electron chi connectivity index (χ0n) is 13.9. The van der Waals surface area contributed by atoms with Crippen LogP contribution in [0.25, 0.3) is 22.4 Å².